The van der Waals surface area contributed by atoms with E-state index in [-0.39, 0.29) is 37.2 Å². The van der Waals surface area contributed by atoms with Crippen molar-refractivity contribution in [2.24, 2.45) is 0 Å². The monoisotopic (exact) mass is 498 g/mol. The summed E-state index contributed by atoms with van der Waals surface area (Å²) >= 11 is -0.726. The summed E-state index contributed by atoms with van der Waals surface area (Å²) in [5.41, 5.74) is 1.54. The van der Waals surface area contributed by atoms with Crippen molar-refractivity contribution in [3.63, 3.8) is 0 Å². The van der Waals surface area contributed by atoms with Crippen molar-refractivity contribution in [3.8, 4) is 0 Å². The van der Waals surface area contributed by atoms with Crippen molar-refractivity contribution < 1.29 is 60.1 Å². The molecule has 1 aliphatic rings. The van der Waals surface area contributed by atoms with Gasteiger partial charge in [-0.2, -0.15) is 0 Å². The van der Waals surface area contributed by atoms with Crippen LogP contribution in [0.5, 0.6) is 0 Å². The molecule has 0 saturated heterocycles. The molecule has 1 aromatic rings. The molecule has 0 aromatic heterocycles. The molecule has 0 N–H and O–H groups in total. The summed E-state index contributed by atoms with van der Waals surface area (Å²) in [4.78, 5) is 2.33. The van der Waals surface area contributed by atoms with Crippen molar-refractivity contribution in [3.05, 3.63) is 57.5 Å². The smallest absolute Gasteiger partial charge is 1.00 e. The van der Waals surface area contributed by atoms with Crippen LogP contribution in [-0.4, -0.2) is 25.5 Å². The summed E-state index contributed by atoms with van der Waals surface area (Å²) < 4.78 is 2.55. The van der Waals surface area contributed by atoms with Gasteiger partial charge in [0.25, 0.3) is 0 Å². The van der Waals surface area contributed by atoms with Crippen molar-refractivity contribution in [2.75, 3.05) is 20.6 Å². The van der Waals surface area contributed by atoms with E-state index >= 15 is 0 Å². The zero-order valence-corrected chi connectivity index (χ0v) is 17.6. The van der Waals surface area contributed by atoms with E-state index in [4.69, 9.17) is 0 Å². The Morgan fingerprint density at radius 2 is 1.75 bits per heavy atom. The molecule has 1 nitrogen and oxygen atoms in total. The van der Waals surface area contributed by atoms with Crippen molar-refractivity contribution >= 4 is 0 Å². The molecule has 0 saturated carbocycles. The quantitative estimate of drug-likeness (QED) is 0.366. The van der Waals surface area contributed by atoms with Crippen molar-refractivity contribution in [1.29, 1.82) is 0 Å². The fourth-order valence-corrected chi connectivity index (χ4v) is 8.14. The van der Waals surface area contributed by atoms with Gasteiger partial charge in [0.2, 0.25) is 0 Å². The zero-order valence-electron chi connectivity index (χ0n) is 11.7. The average molecular weight is 498 g/mol. The van der Waals surface area contributed by atoms with Gasteiger partial charge in [-0.15, -0.1) is 0 Å². The van der Waals surface area contributed by atoms with E-state index in [1.54, 1.807) is 3.33 Å². The Morgan fingerprint density at radius 3 is 2.25 bits per heavy atom. The molecule has 1 unspecified atom stereocenters. The molecule has 1 atom stereocenters. The number of nitrogens with zero attached hydrogens (tertiary/aromatic N) is 1. The number of rotatable bonds is 5. The standard InChI is InChI=1S/C10H14N.C5H5.3ClH.Hf/c1-11(2)9-8-10-6-4-3-5-7-10;1-2-4-5-3-1;;;;/h3-8H,9H2,1-2H3;1-3H,4H2;3*1H;/q;;;;;+3/p-3. The number of allylic oxidation sites excluding steroid dienone is 4. The van der Waals surface area contributed by atoms with Crippen LogP contribution in [0.4, 0.5) is 0 Å². The minimum Gasteiger partial charge on any atom is -1.00 e. The van der Waals surface area contributed by atoms with E-state index in [1.165, 1.54) is 18.5 Å². The van der Waals surface area contributed by atoms with Gasteiger partial charge < -0.3 is 37.2 Å². The Labute approximate surface area is 152 Å². The van der Waals surface area contributed by atoms with Gasteiger partial charge >= 0.3 is 116 Å². The first-order chi connectivity index (χ1) is 8.25. The van der Waals surface area contributed by atoms with Gasteiger partial charge in [-0.3, -0.25) is 0 Å². The summed E-state index contributed by atoms with van der Waals surface area (Å²) in [5.74, 6) is 0. The van der Waals surface area contributed by atoms with Crippen LogP contribution in [0.25, 0.3) is 0 Å². The predicted molar refractivity (Wildman–Crippen MR) is 69.6 cm³/mol. The van der Waals surface area contributed by atoms with Crippen LogP contribution >= 0.6 is 0 Å². The van der Waals surface area contributed by atoms with Crippen LogP contribution < -0.4 is 37.2 Å². The molecular formula is C15H19Cl3HfN. The molecule has 0 bridgehead atoms. The second-order valence-electron chi connectivity index (χ2n) is 4.69. The van der Waals surface area contributed by atoms with Crippen molar-refractivity contribution in [1.82, 2.24) is 4.90 Å². The predicted octanol–water partition coefficient (Wildman–Crippen LogP) is -5.77. The van der Waals surface area contributed by atoms with Gasteiger partial charge in [-0.25, -0.2) is 0 Å². The second-order valence-corrected chi connectivity index (χ2v) is 10.5. The van der Waals surface area contributed by atoms with E-state index < -0.39 is 22.9 Å². The van der Waals surface area contributed by atoms with E-state index in [9.17, 15) is 0 Å². The SMILES string of the molecule is CN(C)C[CH]([Hf+3][C]1=CC=CC1)c1ccccc1.[Cl-].[Cl-].[Cl-]. The molecular weight excluding hydrogens is 479 g/mol. The summed E-state index contributed by atoms with van der Waals surface area (Å²) in [7, 11) is 4.36. The summed E-state index contributed by atoms with van der Waals surface area (Å²) in [6.45, 7) is 1.20. The summed E-state index contributed by atoms with van der Waals surface area (Å²) in [6.07, 6.45) is 8.09. The minimum atomic E-state index is -0.726. The van der Waals surface area contributed by atoms with E-state index in [0.717, 1.165) is 3.67 Å². The first-order valence-corrected chi connectivity index (χ1v) is 9.94. The number of benzene rings is 1. The van der Waals surface area contributed by atoms with Crippen LogP contribution in [0.3, 0.4) is 0 Å². The third-order valence-corrected chi connectivity index (χ3v) is 8.65. The third kappa shape index (κ3) is 7.42. The Balaban J connectivity index is 0. The topological polar surface area (TPSA) is 3.24 Å². The van der Waals surface area contributed by atoms with Crippen LogP contribution in [0.15, 0.2) is 51.9 Å². The van der Waals surface area contributed by atoms with Crippen LogP contribution in [0, 0.1) is 0 Å². The Morgan fingerprint density at radius 1 is 1.10 bits per heavy atom. The average Bonchev–Trinajstić information content (AvgIpc) is 2.82. The summed E-state index contributed by atoms with van der Waals surface area (Å²) in [5, 5.41) is 0. The second kappa shape index (κ2) is 12.0. The molecule has 1 aromatic carbocycles. The number of hydrogen-bond donors (Lipinski definition) is 0. The Hall–Kier alpha value is 0.400. The molecule has 0 radical (unpaired) electrons. The molecule has 0 spiro atoms. The number of halogens is 3. The first-order valence-electron chi connectivity index (χ1n) is 6.07. The van der Waals surface area contributed by atoms with Gasteiger partial charge in [-0.1, -0.05) is 0 Å². The molecule has 109 valence electrons. The van der Waals surface area contributed by atoms with Gasteiger partial charge in [0.1, 0.15) is 0 Å². The van der Waals surface area contributed by atoms with E-state index in [2.05, 4.69) is 67.6 Å². The fraction of sp³-hybridized carbons (Fsp3) is 0.333. The fourth-order valence-electron chi connectivity index (χ4n) is 2.06. The van der Waals surface area contributed by atoms with Crippen LogP contribution in [0.1, 0.15) is 15.7 Å². The summed E-state index contributed by atoms with van der Waals surface area (Å²) in [6, 6.07) is 11.0. The largest absolute Gasteiger partial charge is 1.00 e. The molecule has 1 aliphatic carbocycles. The molecule has 0 fully saturated rings. The molecule has 20 heavy (non-hydrogen) atoms. The van der Waals surface area contributed by atoms with Gasteiger partial charge in [0.05, 0.1) is 0 Å². The molecule has 0 heterocycles. The van der Waals surface area contributed by atoms with Gasteiger partial charge in [0, 0.05) is 0 Å². The molecule has 5 heteroatoms. The third-order valence-electron chi connectivity index (χ3n) is 2.88. The van der Waals surface area contributed by atoms with Crippen molar-refractivity contribution in [2.45, 2.75) is 10.1 Å². The van der Waals surface area contributed by atoms with Gasteiger partial charge in [0.15, 0.2) is 0 Å². The normalized spacial score (nSPS) is 13.4. The maximum absolute atomic E-state index is 2.36. The number of likely N-dealkylation sites (N-methyl/N-ethyl adjacent to an activating group) is 1. The minimum absolute atomic E-state index is 0. The Kier molecular flexibility index (Phi) is 13.6. The zero-order chi connectivity index (χ0) is 12.1. The van der Waals surface area contributed by atoms with Crippen LogP contribution in [-0.2, 0) is 22.9 Å². The maximum Gasteiger partial charge on any atom is -1.00 e. The maximum atomic E-state index is 2.36. The van der Waals surface area contributed by atoms with Gasteiger partial charge in [-0.05, 0) is 0 Å². The van der Waals surface area contributed by atoms with E-state index in [1.807, 2.05) is 0 Å². The van der Waals surface area contributed by atoms with E-state index in [0.29, 0.717) is 0 Å². The Bertz CT molecular complexity index is 418. The molecule has 2 rings (SSSR count). The van der Waals surface area contributed by atoms with Crippen LogP contribution in [0.2, 0.25) is 0 Å². The number of hydrogen-bond acceptors (Lipinski definition) is 1. The molecule has 0 aliphatic heterocycles. The first kappa shape index (κ1) is 22.7. The molecule has 0 amide bonds.